The number of fused-ring (bicyclic) bond motifs is 9. The van der Waals surface area contributed by atoms with Crippen molar-refractivity contribution in [3.8, 4) is 6.07 Å². The number of thiophene rings is 1. The van der Waals surface area contributed by atoms with Crippen LogP contribution in [-0.2, 0) is 27.3 Å². The number of rotatable bonds is 2. The maximum atomic E-state index is 13.8. The van der Waals surface area contributed by atoms with Gasteiger partial charge in [-0.05, 0) is 49.7 Å². The van der Waals surface area contributed by atoms with Crippen LogP contribution in [0.1, 0.15) is 40.8 Å². The van der Waals surface area contributed by atoms with Gasteiger partial charge in [0.25, 0.3) is 0 Å². The molecule has 2 saturated carbocycles. The minimum absolute atomic E-state index is 0.0101. The van der Waals surface area contributed by atoms with Crippen molar-refractivity contribution in [2.24, 2.45) is 34.7 Å². The van der Waals surface area contributed by atoms with E-state index < -0.39 is 5.92 Å². The predicted molar refractivity (Wildman–Crippen MR) is 123 cm³/mol. The molecule has 0 unspecified atom stereocenters. The Bertz CT molecular complexity index is 1310. The molecule has 2 aliphatic heterocycles. The molecule has 2 aromatic rings. The zero-order valence-corrected chi connectivity index (χ0v) is 19.2. The van der Waals surface area contributed by atoms with Crippen LogP contribution in [0.2, 0.25) is 5.02 Å². The summed E-state index contributed by atoms with van der Waals surface area (Å²) in [5.41, 5.74) is 3.19. The van der Waals surface area contributed by atoms with Crippen LogP contribution >= 0.6 is 22.9 Å². The number of carbonyl (C=O) groups is 2. The van der Waals surface area contributed by atoms with E-state index in [1.165, 1.54) is 16.2 Å². The average molecular weight is 478 g/mol. The Hall–Kier alpha value is -2.69. The van der Waals surface area contributed by atoms with E-state index in [0.29, 0.717) is 15.6 Å². The molecule has 0 radical (unpaired) electrons. The number of hydrogen-bond donors (Lipinski definition) is 0. The molecule has 0 N–H and O–H groups in total. The number of benzene rings is 1. The van der Waals surface area contributed by atoms with Gasteiger partial charge in [-0.15, -0.1) is 11.3 Å². The van der Waals surface area contributed by atoms with Gasteiger partial charge >= 0.3 is 0 Å². The Morgan fingerprint density at radius 3 is 2.64 bits per heavy atom. The second kappa shape index (κ2) is 6.91. The average Bonchev–Trinajstić information content (AvgIpc) is 3.60. The molecule has 2 amide bonds. The van der Waals surface area contributed by atoms with Crippen LogP contribution in [0, 0.1) is 40.9 Å². The summed E-state index contributed by atoms with van der Waals surface area (Å²) >= 11 is 7.91. The van der Waals surface area contributed by atoms with Crippen LogP contribution in [0.4, 0.5) is 5.00 Å². The van der Waals surface area contributed by atoms with Crippen LogP contribution in [0.15, 0.2) is 29.4 Å². The number of nitrogens with zero attached hydrogens (tertiary/aromatic N) is 3. The molecule has 33 heavy (non-hydrogen) atoms. The molecule has 166 valence electrons. The summed E-state index contributed by atoms with van der Waals surface area (Å²) in [6.45, 7) is 0. The molecule has 1 aromatic carbocycles. The Morgan fingerprint density at radius 2 is 1.85 bits per heavy atom. The summed E-state index contributed by atoms with van der Waals surface area (Å²) in [7, 11) is 0. The highest BCUT2D eigenvalue weighted by Gasteiger charge is 2.70. The second-order valence-corrected chi connectivity index (χ2v) is 11.2. The van der Waals surface area contributed by atoms with Gasteiger partial charge in [-0.2, -0.15) is 5.26 Å². The summed E-state index contributed by atoms with van der Waals surface area (Å²) in [6.07, 6.45) is 4.47. The zero-order valence-electron chi connectivity index (χ0n) is 17.7. The topological polar surface area (TPSA) is 82.8 Å². The lowest BCUT2D eigenvalue weighted by molar-refractivity contribution is -0.125. The summed E-state index contributed by atoms with van der Waals surface area (Å²) in [5.74, 6) is -1.20. The van der Waals surface area contributed by atoms with Gasteiger partial charge in [0.1, 0.15) is 17.2 Å². The van der Waals surface area contributed by atoms with Crippen molar-refractivity contribution < 1.29 is 14.4 Å². The molecule has 2 bridgehead atoms. The van der Waals surface area contributed by atoms with Gasteiger partial charge in [0.05, 0.1) is 23.1 Å². The van der Waals surface area contributed by atoms with Crippen molar-refractivity contribution >= 4 is 45.5 Å². The van der Waals surface area contributed by atoms with Crippen molar-refractivity contribution in [1.82, 2.24) is 0 Å². The summed E-state index contributed by atoms with van der Waals surface area (Å²) in [5, 5.41) is 15.4. The first-order chi connectivity index (χ1) is 16.1. The molecule has 5 aliphatic rings. The third-order valence-electron chi connectivity index (χ3n) is 8.31. The van der Waals surface area contributed by atoms with Crippen LogP contribution in [0.25, 0.3) is 0 Å². The molecule has 3 fully saturated rings. The van der Waals surface area contributed by atoms with Crippen LogP contribution in [0.3, 0.4) is 0 Å². The van der Waals surface area contributed by atoms with E-state index in [-0.39, 0.29) is 41.6 Å². The third kappa shape index (κ3) is 2.46. The lowest BCUT2D eigenvalue weighted by Gasteiger charge is -2.29. The van der Waals surface area contributed by atoms with E-state index in [4.69, 9.17) is 16.4 Å². The number of oxime groups is 1. The predicted octanol–water partition coefficient (Wildman–Crippen LogP) is 4.33. The summed E-state index contributed by atoms with van der Waals surface area (Å²) < 4.78 is 0. The fourth-order valence-corrected chi connectivity index (χ4v) is 8.62. The monoisotopic (exact) mass is 477 g/mol. The Kier molecular flexibility index (Phi) is 4.13. The second-order valence-electron chi connectivity index (χ2n) is 9.68. The molecular formula is C25H20ClN3O3S. The van der Waals surface area contributed by atoms with Crippen molar-refractivity contribution in [3.63, 3.8) is 0 Å². The van der Waals surface area contributed by atoms with E-state index >= 15 is 0 Å². The molecule has 0 spiro atoms. The third-order valence-corrected chi connectivity index (χ3v) is 9.91. The van der Waals surface area contributed by atoms with Gasteiger partial charge in [0.2, 0.25) is 11.8 Å². The quantitative estimate of drug-likeness (QED) is 0.603. The van der Waals surface area contributed by atoms with Gasteiger partial charge in [0, 0.05) is 27.3 Å². The first kappa shape index (κ1) is 19.7. The number of imide groups is 1. The normalized spacial score (nSPS) is 33.5. The Morgan fingerprint density at radius 1 is 1.09 bits per heavy atom. The minimum atomic E-state index is -0.393. The number of anilines is 1. The molecule has 8 heteroatoms. The van der Waals surface area contributed by atoms with E-state index in [1.54, 1.807) is 0 Å². The molecular weight excluding hydrogens is 458 g/mol. The minimum Gasteiger partial charge on any atom is -0.391 e. The maximum Gasteiger partial charge on any atom is 0.238 e. The van der Waals surface area contributed by atoms with Crippen molar-refractivity contribution in [1.29, 1.82) is 5.26 Å². The van der Waals surface area contributed by atoms with Gasteiger partial charge < -0.3 is 4.84 Å². The standard InChI is InChI=1S/C25H20ClN3O3S/c26-16-7-3-1-6-12(16)21-20-13-9-14(22(20)32-28-21)19-18(13)23(30)29(24(19)31)25-15(10-27)11-5-2-4-8-17(11)33-25/h1,3,6-7,13-14,18-20,22H,2,4-5,8-9H2/t13-,14+,18-,19+,20-,22-/m1/s1. The Labute approximate surface area is 199 Å². The van der Waals surface area contributed by atoms with E-state index in [0.717, 1.165) is 53.8 Å². The number of aryl methyl sites for hydroxylation is 1. The summed E-state index contributed by atoms with van der Waals surface area (Å²) in [4.78, 5) is 35.8. The van der Waals surface area contributed by atoms with Crippen molar-refractivity contribution in [2.45, 2.75) is 38.2 Å². The molecule has 3 aliphatic carbocycles. The molecule has 1 saturated heterocycles. The van der Waals surface area contributed by atoms with Gasteiger partial charge in [-0.25, -0.2) is 4.90 Å². The lowest BCUT2D eigenvalue weighted by Crippen LogP contribution is -2.41. The molecule has 1 aromatic heterocycles. The van der Waals surface area contributed by atoms with E-state index in [9.17, 15) is 14.9 Å². The highest BCUT2D eigenvalue weighted by molar-refractivity contribution is 7.17. The maximum absolute atomic E-state index is 13.8. The molecule has 7 rings (SSSR count). The largest absolute Gasteiger partial charge is 0.391 e. The SMILES string of the molecule is N#Cc1c(N2C(=O)[C@@H]3[C@H]4C[C@H]([C@H]5ON=C(c6ccccc6Cl)[C@@H]45)[C@@H]3C2=O)sc2c1CCCC2. The van der Waals surface area contributed by atoms with E-state index in [1.807, 2.05) is 24.3 Å². The molecule has 6 nitrogen and oxygen atoms in total. The van der Waals surface area contributed by atoms with Crippen molar-refractivity contribution in [3.05, 3.63) is 50.9 Å². The first-order valence-corrected chi connectivity index (χ1v) is 12.7. The smallest absolute Gasteiger partial charge is 0.238 e. The van der Waals surface area contributed by atoms with Gasteiger partial charge in [-0.1, -0.05) is 35.0 Å². The highest BCUT2D eigenvalue weighted by Crippen LogP contribution is 2.62. The van der Waals surface area contributed by atoms with Gasteiger partial charge in [-0.3, -0.25) is 9.59 Å². The first-order valence-electron chi connectivity index (χ1n) is 11.5. The Balaban J connectivity index is 1.27. The number of amides is 2. The zero-order chi connectivity index (χ0) is 22.4. The number of nitriles is 1. The number of carbonyl (C=O) groups excluding carboxylic acids is 2. The number of hydrogen-bond acceptors (Lipinski definition) is 6. The highest BCUT2D eigenvalue weighted by atomic mass is 35.5. The fourth-order valence-electron chi connectivity index (χ4n) is 7.04. The van der Waals surface area contributed by atoms with E-state index in [2.05, 4.69) is 11.2 Å². The number of halogens is 1. The lowest BCUT2D eigenvalue weighted by atomic mass is 9.71. The molecule has 6 atom stereocenters. The van der Waals surface area contributed by atoms with Gasteiger partial charge in [0.15, 0.2) is 0 Å². The molecule has 3 heterocycles. The van der Waals surface area contributed by atoms with Crippen LogP contribution < -0.4 is 4.90 Å². The fraction of sp³-hybridized carbons (Fsp3) is 0.440. The van der Waals surface area contributed by atoms with Crippen LogP contribution in [-0.4, -0.2) is 23.6 Å². The van der Waals surface area contributed by atoms with Crippen molar-refractivity contribution in [2.75, 3.05) is 4.90 Å². The summed E-state index contributed by atoms with van der Waals surface area (Å²) in [6, 6.07) is 9.86. The van der Waals surface area contributed by atoms with Crippen LogP contribution in [0.5, 0.6) is 0 Å².